The fraction of sp³-hybridized carbons (Fsp3) is 0.889. The topological polar surface area (TPSA) is 61.4 Å². The lowest BCUT2D eigenvalue weighted by molar-refractivity contribution is -0.120. The van der Waals surface area contributed by atoms with Crippen LogP contribution in [0.4, 0.5) is 0 Å². The molecule has 1 rings (SSSR count). The van der Waals surface area contributed by atoms with E-state index in [1.54, 1.807) is 0 Å². The number of unbranched alkanes of at least 4 members (excludes halogenated alkanes) is 1. The van der Waals surface area contributed by atoms with Gasteiger partial charge >= 0.3 is 0 Å². The summed E-state index contributed by atoms with van der Waals surface area (Å²) in [5.74, 6) is 0.0894. The molecule has 0 spiro atoms. The van der Waals surface area contributed by atoms with E-state index in [-0.39, 0.29) is 12.5 Å². The third-order valence-corrected chi connectivity index (χ3v) is 1.99. The van der Waals surface area contributed by atoms with Crippen molar-refractivity contribution >= 4 is 5.91 Å². The van der Waals surface area contributed by atoms with Crippen molar-refractivity contribution in [3.63, 3.8) is 0 Å². The third kappa shape index (κ3) is 5.60. The van der Waals surface area contributed by atoms with Gasteiger partial charge in [-0.2, -0.15) is 0 Å². The smallest absolute Gasteiger partial charge is 0.234 e. The van der Waals surface area contributed by atoms with Crippen molar-refractivity contribution in [1.29, 1.82) is 0 Å². The van der Waals surface area contributed by atoms with E-state index in [2.05, 4.69) is 10.6 Å². The van der Waals surface area contributed by atoms with Crippen LogP contribution in [-0.2, 0) is 4.79 Å². The highest BCUT2D eigenvalue weighted by Crippen LogP contribution is 2.17. The van der Waals surface area contributed by atoms with Gasteiger partial charge in [0.25, 0.3) is 0 Å². The van der Waals surface area contributed by atoms with E-state index in [0.717, 1.165) is 32.2 Å². The van der Waals surface area contributed by atoms with E-state index >= 15 is 0 Å². The predicted octanol–water partition coefficient (Wildman–Crippen LogP) is -0.373. The maximum atomic E-state index is 11.1. The van der Waals surface area contributed by atoms with Crippen LogP contribution < -0.4 is 10.6 Å². The average molecular weight is 186 g/mol. The average Bonchev–Trinajstić information content (AvgIpc) is 2.88. The van der Waals surface area contributed by atoms with Crippen molar-refractivity contribution in [2.75, 3.05) is 19.7 Å². The number of hydrogen-bond donors (Lipinski definition) is 3. The highest BCUT2D eigenvalue weighted by molar-refractivity contribution is 5.78. The minimum atomic E-state index is 0.0894. The maximum Gasteiger partial charge on any atom is 0.234 e. The minimum Gasteiger partial charge on any atom is -0.396 e. The molecule has 1 fully saturated rings. The Hall–Kier alpha value is -0.610. The zero-order chi connectivity index (χ0) is 9.52. The van der Waals surface area contributed by atoms with Gasteiger partial charge in [-0.1, -0.05) is 0 Å². The lowest BCUT2D eigenvalue weighted by Gasteiger charge is -2.04. The normalized spacial score (nSPS) is 15.8. The van der Waals surface area contributed by atoms with Gasteiger partial charge in [0.1, 0.15) is 0 Å². The second kappa shape index (κ2) is 5.94. The lowest BCUT2D eigenvalue weighted by Crippen LogP contribution is -2.35. The highest BCUT2D eigenvalue weighted by Gasteiger charge is 2.22. The third-order valence-electron chi connectivity index (χ3n) is 1.99. The van der Waals surface area contributed by atoms with Crippen LogP contribution >= 0.6 is 0 Å². The van der Waals surface area contributed by atoms with Crippen LogP contribution in [0.1, 0.15) is 25.7 Å². The van der Waals surface area contributed by atoms with Crippen molar-refractivity contribution in [3.8, 4) is 0 Å². The second-order valence-electron chi connectivity index (χ2n) is 3.45. The molecule has 0 saturated heterocycles. The van der Waals surface area contributed by atoms with Gasteiger partial charge in [0, 0.05) is 12.6 Å². The fourth-order valence-electron chi connectivity index (χ4n) is 1.07. The molecule has 3 N–H and O–H groups in total. The van der Waals surface area contributed by atoms with E-state index < -0.39 is 0 Å². The number of hydrogen-bond acceptors (Lipinski definition) is 3. The van der Waals surface area contributed by atoms with E-state index in [1.807, 2.05) is 0 Å². The lowest BCUT2D eigenvalue weighted by atomic mass is 10.3. The number of amides is 1. The molecule has 0 unspecified atom stereocenters. The maximum absolute atomic E-state index is 11.1. The summed E-state index contributed by atoms with van der Waals surface area (Å²) in [5.41, 5.74) is 0. The number of nitrogens with one attached hydrogen (secondary N) is 2. The minimum absolute atomic E-state index is 0.0894. The Morgan fingerprint density at radius 2 is 2.15 bits per heavy atom. The molecular weight excluding hydrogens is 168 g/mol. The molecule has 13 heavy (non-hydrogen) atoms. The van der Waals surface area contributed by atoms with E-state index in [0.29, 0.717) is 12.6 Å². The van der Waals surface area contributed by atoms with Gasteiger partial charge in [0.2, 0.25) is 5.91 Å². The Morgan fingerprint density at radius 3 is 2.77 bits per heavy atom. The number of aliphatic hydroxyl groups is 1. The Bertz CT molecular complexity index is 158. The molecule has 0 aromatic rings. The van der Waals surface area contributed by atoms with Gasteiger partial charge in [-0.25, -0.2) is 0 Å². The molecular formula is C9H18N2O2. The summed E-state index contributed by atoms with van der Waals surface area (Å²) in [6, 6.07) is 0.451. The quantitative estimate of drug-likeness (QED) is 0.475. The first-order valence-corrected chi connectivity index (χ1v) is 4.94. The molecule has 0 heterocycles. The van der Waals surface area contributed by atoms with Crippen molar-refractivity contribution in [2.24, 2.45) is 0 Å². The van der Waals surface area contributed by atoms with Gasteiger partial charge in [-0.15, -0.1) is 0 Å². The fourth-order valence-corrected chi connectivity index (χ4v) is 1.07. The first kappa shape index (κ1) is 10.5. The molecule has 1 saturated carbocycles. The van der Waals surface area contributed by atoms with Gasteiger partial charge in [-0.3, -0.25) is 4.79 Å². The number of aliphatic hydroxyl groups excluding tert-OH is 1. The largest absolute Gasteiger partial charge is 0.396 e. The van der Waals surface area contributed by atoms with E-state index in [1.165, 1.54) is 0 Å². The molecule has 0 aromatic carbocycles. The number of carbonyl (C=O) groups is 1. The van der Waals surface area contributed by atoms with Crippen molar-refractivity contribution in [1.82, 2.24) is 10.6 Å². The molecule has 1 aliphatic carbocycles. The Kier molecular flexibility index (Phi) is 4.78. The number of carbonyl (C=O) groups excluding carboxylic acids is 1. The monoisotopic (exact) mass is 186 g/mol. The van der Waals surface area contributed by atoms with Gasteiger partial charge < -0.3 is 15.7 Å². The molecule has 0 bridgehead atoms. The Morgan fingerprint density at radius 1 is 1.38 bits per heavy atom. The van der Waals surface area contributed by atoms with Crippen LogP contribution in [0.3, 0.4) is 0 Å². The predicted molar refractivity (Wildman–Crippen MR) is 50.4 cm³/mol. The SMILES string of the molecule is O=C(CNCCCCO)NC1CC1. The Balaban J connectivity index is 1.83. The van der Waals surface area contributed by atoms with Crippen LogP contribution in [0.5, 0.6) is 0 Å². The summed E-state index contributed by atoms with van der Waals surface area (Å²) in [7, 11) is 0. The van der Waals surface area contributed by atoms with Crippen LogP contribution in [0.15, 0.2) is 0 Å². The molecule has 1 aliphatic rings. The summed E-state index contributed by atoms with van der Waals surface area (Å²) >= 11 is 0. The standard InChI is InChI=1S/C9H18N2O2/c12-6-2-1-5-10-7-9(13)11-8-3-4-8/h8,10,12H,1-7H2,(H,11,13). The molecule has 4 heteroatoms. The van der Waals surface area contributed by atoms with Crippen LogP contribution in [0, 0.1) is 0 Å². The second-order valence-corrected chi connectivity index (χ2v) is 3.45. The first-order valence-electron chi connectivity index (χ1n) is 4.94. The van der Waals surface area contributed by atoms with Gasteiger partial charge in [-0.05, 0) is 32.2 Å². The zero-order valence-electron chi connectivity index (χ0n) is 7.88. The van der Waals surface area contributed by atoms with Crippen molar-refractivity contribution in [2.45, 2.75) is 31.7 Å². The van der Waals surface area contributed by atoms with E-state index in [4.69, 9.17) is 5.11 Å². The van der Waals surface area contributed by atoms with Crippen LogP contribution in [0.25, 0.3) is 0 Å². The molecule has 1 amide bonds. The van der Waals surface area contributed by atoms with Crippen LogP contribution in [0.2, 0.25) is 0 Å². The summed E-state index contributed by atoms with van der Waals surface area (Å²) in [6.07, 6.45) is 4.00. The Labute approximate surface area is 78.7 Å². The first-order chi connectivity index (χ1) is 6.33. The molecule has 0 aliphatic heterocycles. The van der Waals surface area contributed by atoms with E-state index in [9.17, 15) is 4.79 Å². The van der Waals surface area contributed by atoms with Gasteiger partial charge in [0.15, 0.2) is 0 Å². The van der Waals surface area contributed by atoms with Crippen molar-refractivity contribution < 1.29 is 9.90 Å². The molecule has 4 nitrogen and oxygen atoms in total. The zero-order valence-corrected chi connectivity index (χ0v) is 7.88. The molecule has 0 radical (unpaired) electrons. The summed E-state index contributed by atoms with van der Waals surface area (Å²) in [4.78, 5) is 11.1. The molecule has 76 valence electrons. The number of rotatable bonds is 7. The molecule has 0 atom stereocenters. The summed E-state index contributed by atoms with van der Waals surface area (Å²) in [5, 5.41) is 14.4. The summed E-state index contributed by atoms with van der Waals surface area (Å²) in [6.45, 7) is 1.44. The molecule has 0 aromatic heterocycles. The van der Waals surface area contributed by atoms with Gasteiger partial charge in [0.05, 0.1) is 6.54 Å². The highest BCUT2D eigenvalue weighted by atomic mass is 16.2. The van der Waals surface area contributed by atoms with Crippen LogP contribution in [-0.4, -0.2) is 36.8 Å². The van der Waals surface area contributed by atoms with Crippen molar-refractivity contribution in [3.05, 3.63) is 0 Å². The summed E-state index contributed by atoms with van der Waals surface area (Å²) < 4.78 is 0.